The van der Waals surface area contributed by atoms with Crippen LogP contribution in [-0.2, 0) is 16.1 Å². The molecule has 1 aromatic carbocycles. The molecule has 0 radical (unpaired) electrons. The van der Waals surface area contributed by atoms with Crippen molar-refractivity contribution in [1.29, 1.82) is 0 Å². The number of halogens is 1. The van der Waals surface area contributed by atoms with Crippen LogP contribution in [0, 0.1) is 5.92 Å². The SMILES string of the molecule is O=C(F)C1CCN(Cc2ccccc2)C1=O. The van der Waals surface area contributed by atoms with Gasteiger partial charge in [-0.15, -0.1) is 0 Å². The monoisotopic (exact) mass is 221 g/mol. The van der Waals surface area contributed by atoms with E-state index in [2.05, 4.69) is 0 Å². The Labute approximate surface area is 92.9 Å². The van der Waals surface area contributed by atoms with Crippen LogP contribution in [0.15, 0.2) is 30.3 Å². The molecule has 0 aliphatic carbocycles. The van der Waals surface area contributed by atoms with Gasteiger partial charge in [-0.25, -0.2) is 0 Å². The zero-order valence-electron chi connectivity index (χ0n) is 8.73. The van der Waals surface area contributed by atoms with E-state index in [1.54, 1.807) is 0 Å². The maximum atomic E-state index is 12.5. The van der Waals surface area contributed by atoms with Crippen molar-refractivity contribution in [3.05, 3.63) is 35.9 Å². The highest BCUT2D eigenvalue weighted by Gasteiger charge is 2.36. The number of hydrogen-bond acceptors (Lipinski definition) is 2. The van der Waals surface area contributed by atoms with Crippen LogP contribution in [-0.4, -0.2) is 23.4 Å². The predicted molar refractivity (Wildman–Crippen MR) is 56.1 cm³/mol. The molecule has 1 saturated heterocycles. The Balaban J connectivity index is 2.03. The van der Waals surface area contributed by atoms with Crippen molar-refractivity contribution in [1.82, 2.24) is 4.90 Å². The molecule has 1 aromatic rings. The van der Waals surface area contributed by atoms with E-state index >= 15 is 0 Å². The van der Waals surface area contributed by atoms with Crippen LogP contribution in [0.3, 0.4) is 0 Å². The number of likely N-dealkylation sites (tertiary alicyclic amines) is 1. The fourth-order valence-corrected chi connectivity index (χ4v) is 1.91. The molecule has 1 unspecified atom stereocenters. The summed E-state index contributed by atoms with van der Waals surface area (Å²) < 4.78 is 12.5. The van der Waals surface area contributed by atoms with Gasteiger partial charge < -0.3 is 4.90 Å². The van der Waals surface area contributed by atoms with E-state index in [-0.39, 0.29) is 0 Å². The van der Waals surface area contributed by atoms with Gasteiger partial charge in [0.1, 0.15) is 5.92 Å². The van der Waals surface area contributed by atoms with E-state index in [1.807, 2.05) is 30.3 Å². The predicted octanol–water partition coefficient (Wildman–Crippen LogP) is 1.53. The van der Waals surface area contributed by atoms with Crippen molar-refractivity contribution in [2.24, 2.45) is 5.92 Å². The van der Waals surface area contributed by atoms with Gasteiger partial charge in [0.15, 0.2) is 0 Å². The van der Waals surface area contributed by atoms with Crippen LogP contribution >= 0.6 is 0 Å². The molecule has 1 atom stereocenters. The maximum Gasteiger partial charge on any atom is 0.313 e. The van der Waals surface area contributed by atoms with Gasteiger partial charge in [-0.3, -0.25) is 9.59 Å². The summed E-state index contributed by atoms with van der Waals surface area (Å²) in [6.45, 7) is 0.900. The normalized spacial score (nSPS) is 20.2. The van der Waals surface area contributed by atoms with Crippen molar-refractivity contribution >= 4 is 11.9 Å². The van der Waals surface area contributed by atoms with E-state index in [9.17, 15) is 14.0 Å². The highest BCUT2D eigenvalue weighted by molar-refractivity contribution is 5.98. The molecule has 1 heterocycles. The summed E-state index contributed by atoms with van der Waals surface area (Å²) >= 11 is 0. The first-order valence-electron chi connectivity index (χ1n) is 5.20. The molecule has 3 nitrogen and oxygen atoms in total. The van der Waals surface area contributed by atoms with E-state index in [0.29, 0.717) is 19.5 Å². The van der Waals surface area contributed by atoms with Gasteiger partial charge >= 0.3 is 6.04 Å². The summed E-state index contributed by atoms with van der Waals surface area (Å²) in [5.41, 5.74) is 0.989. The highest BCUT2D eigenvalue weighted by Crippen LogP contribution is 2.21. The number of hydrogen-bond donors (Lipinski definition) is 0. The van der Waals surface area contributed by atoms with Gasteiger partial charge in [0.05, 0.1) is 0 Å². The average molecular weight is 221 g/mol. The topological polar surface area (TPSA) is 37.4 Å². The first kappa shape index (κ1) is 10.8. The van der Waals surface area contributed by atoms with Gasteiger partial charge in [0, 0.05) is 13.1 Å². The lowest BCUT2D eigenvalue weighted by molar-refractivity contribution is -0.142. The third kappa shape index (κ3) is 2.10. The van der Waals surface area contributed by atoms with Crippen LogP contribution in [0.5, 0.6) is 0 Å². The van der Waals surface area contributed by atoms with E-state index in [1.165, 1.54) is 4.90 Å². The molecule has 4 heteroatoms. The third-order valence-electron chi connectivity index (χ3n) is 2.79. The Kier molecular flexibility index (Phi) is 2.99. The molecule has 0 bridgehead atoms. The number of amides is 1. The molecule has 1 aliphatic heterocycles. The molecule has 0 saturated carbocycles. The minimum absolute atomic E-state index is 0.293. The van der Waals surface area contributed by atoms with Gasteiger partial charge in [-0.2, -0.15) is 4.39 Å². The van der Waals surface area contributed by atoms with Gasteiger partial charge in [0.2, 0.25) is 5.91 Å². The molecule has 2 rings (SSSR count). The van der Waals surface area contributed by atoms with Crippen molar-refractivity contribution in [2.45, 2.75) is 13.0 Å². The van der Waals surface area contributed by atoms with Crippen LogP contribution < -0.4 is 0 Å². The average Bonchev–Trinajstić information content (AvgIpc) is 2.62. The second-order valence-corrected chi connectivity index (χ2v) is 3.89. The molecule has 1 amide bonds. The number of benzene rings is 1. The van der Waals surface area contributed by atoms with Crippen molar-refractivity contribution < 1.29 is 14.0 Å². The number of rotatable bonds is 3. The summed E-state index contributed by atoms with van der Waals surface area (Å²) in [5.74, 6) is -1.46. The summed E-state index contributed by atoms with van der Waals surface area (Å²) in [5, 5.41) is 0. The number of carbonyl (C=O) groups excluding carboxylic acids is 2. The van der Waals surface area contributed by atoms with E-state index in [0.717, 1.165) is 5.56 Å². The lowest BCUT2D eigenvalue weighted by Gasteiger charge is -2.15. The molecule has 1 fully saturated rings. The quantitative estimate of drug-likeness (QED) is 0.573. The van der Waals surface area contributed by atoms with Gasteiger partial charge in [0.25, 0.3) is 0 Å². The summed E-state index contributed by atoms with van der Waals surface area (Å²) in [6, 6.07) is 7.95. The molecular weight excluding hydrogens is 209 g/mol. The Morgan fingerprint density at radius 2 is 2.06 bits per heavy atom. The van der Waals surface area contributed by atoms with Gasteiger partial charge in [-0.1, -0.05) is 30.3 Å². The first-order chi connectivity index (χ1) is 7.68. The fraction of sp³-hybridized carbons (Fsp3) is 0.333. The third-order valence-corrected chi connectivity index (χ3v) is 2.79. The molecule has 84 valence electrons. The number of nitrogens with zero attached hydrogens (tertiary/aromatic N) is 1. The lowest BCUT2D eigenvalue weighted by Crippen LogP contribution is -2.28. The Hall–Kier alpha value is -1.71. The smallest absolute Gasteiger partial charge is 0.313 e. The van der Waals surface area contributed by atoms with Gasteiger partial charge in [-0.05, 0) is 12.0 Å². The summed E-state index contributed by atoms with van der Waals surface area (Å²) in [4.78, 5) is 23.7. The minimum Gasteiger partial charge on any atom is -0.338 e. The standard InChI is InChI=1S/C12H12FNO2/c13-11(15)10-6-7-14(12(10)16)8-9-4-2-1-3-5-9/h1-5,10H,6-8H2. The summed E-state index contributed by atoms with van der Waals surface area (Å²) in [7, 11) is 0. The van der Waals surface area contributed by atoms with Crippen LogP contribution in [0.4, 0.5) is 4.39 Å². The minimum atomic E-state index is -1.51. The second-order valence-electron chi connectivity index (χ2n) is 3.89. The molecular formula is C12H12FNO2. The highest BCUT2D eigenvalue weighted by atomic mass is 19.1. The largest absolute Gasteiger partial charge is 0.338 e. The zero-order valence-corrected chi connectivity index (χ0v) is 8.73. The van der Waals surface area contributed by atoms with Crippen molar-refractivity contribution in [3.8, 4) is 0 Å². The van der Waals surface area contributed by atoms with Crippen LogP contribution in [0.1, 0.15) is 12.0 Å². The molecule has 16 heavy (non-hydrogen) atoms. The van der Waals surface area contributed by atoms with Crippen LogP contribution in [0.25, 0.3) is 0 Å². The fourth-order valence-electron chi connectivity index (χ4n) is 1.91. The lowest BCUT2D eigenvalue weighted by atomic mass is 10.1. The maximum absolute atomic E-state index is 12.5. The van der Waals surface area contributed by atoms with Crippen molar-refractivity contribution in [3.63, 3.8) is 0 Å². The van der Waals surface area contributed by atoms with Crippen molar-refractivity contribution in [2.75, 3.05) is 6.54 Å². The zero-order chi connectivity index (χ0) is 11.5. The Morgan fingerprint density at radius 1 is 1.38 bits per heavy atom. The van der Waals surface area contributed by atoms with E-state index < -0.39 is 17.9 Å². The Bertz CT molecular complexity index is 405. The summed E-state index contributed by atoms with van der Waals surface area (Å²) in [6.07, 6.45) is 0.293. The van der Waals surface area contributed by atoms with E-state index in [4.69, 9.17) is 0 Å². The molecule has 1 aliphatic rings. The Morgan fingerprint density at radius 3 is 2.62 bits per heavy atom. The van der Waals surface area contributed by atoms with Crippen LogP contribution in [0.2, 0.25) is 0 Å². The molecule has 0 spiro atoms. The molecule has 0 aromatic heterocycles. The number of carbonyl (C=O) groups is 2. The first-order valence-corrected chi connectivity index (χ1v) is 5.20. The molecule has 0 N–H and O–H groups in total. The second kappa shape index (κ2) is 4.43.